The number of nitrogens with zero attached hydrogens (tertiary/aromatic N) is 2. The molecular formula is C14H16ClN3O3. The molecule has 0 saturated carbocycles. The number of halogens is 1. The fourth-order valence-electron chi connectivity index (χ4n) is 2.00. The summed E-state index contributed by atoms with van der Waals surface area (Å²) in [5.74, 6) is -0.662. The highest BCUT2D eigenvalue weighted by molar-refractivity contribution is 6.34. The van der Waals surface area contributed by atoms with Crippen LogP contribution >= 0.6 is 11.6 Å². The molecule has 0 aliphatic carbocycles. The second kappa shape index (κ2) is 5.73. The summed E-state index contributed by atoms with van der Waals surface area (Å²) >= 11 is 6.16. The van der Waals surface area contributed by atoms with E-state index in [2.05, 4.69) is 15.0 Å². The van der Waals surface area contributed by atoms with Gasteiger partial charge in [0.1, 0.15) is 0 Å². The summed E-state index contributed by atoms with van der Waals surface area (Å²) in [7, 11) is 2.97. The number of amides is 1. The van der Waals surface area contributed by atoms with Gasteiger partial charge in [-0.25, -0.2) is 9.78 Å². The first kappa shape index (κ1) is 15.3. The van der Waals surface area contributed by atoms with Crippen LogP contribution in [0.4, 0.5) is 0 Å². The summed E-state index contributed by atoms with van der Waals surface area (Å²) in [6, 6.07) is 3.19. The predicted molar refractivity (Wildman–Crippen MR) is 79.7 cm³/mol. The van der Waals surface area contributed by atoms with E-state index in [1.54, 1.807) is 23.7 Å². The highest BCUT2D eigenvalue weighted by Gasteiger charge is 2.19. The van der Waals surface area contributed by atoms with Gasteiger partial charge in [0.25, 0.3) is 5.91 Å². The molecule has 0 saturated heterocycles. The van der Waals surface area contributed by atoms with Gasteiger partial charge < -0.3 is 14.6 Å². The van der Waals surface area contributed by atoms with E-state index in [-0.39, 0.29) is 17.8 Å². The summed E-state index contributed by atoms with van der Waals surface area (Å²) < 4.78 is 6.25. The van der Waals surface area contributed by atoms with Crippen LogP contribution in [0.1, 0.15) is 34.8 Å². The maximum Gasteiger partial charge on any atom is 0.374 e. The van der Waals surface area contributed by atoms with E-state index in [4.69, 9.17) is 11.6 Å². The summed E-state index contributed by atoms with van der Waals surface area (Å²) in [5, 5.41) is 3.08. The Labute approximate surface area is 127 Å². The van der Waals surface area contributed by atoms with E-state index in [0.717, 1.165) is 0 Å². The molecule has 0 fully saturated rings. The minimum atomic E-state index is -0.544. The average Bonchev–Trinajstić information content (AvgIpc) is 2.73. The number of ether oxygens (including phenoxy) is 1. The van der Waals surface area contributed by atoms with E-state index < -0.39 is 5.97 Å². The molecule has 0 spiro atoms. The maximum atomic E-state index is 12.1. The summed E-state index contributed by atoms with van der Waals surface area (Å²) in [6.45, 7) is 3.72. The zero-order valence-corrected chi connectivity index (χ0v) is 13.0. The van der Waals surface area contributed by atoms with E-state index in [1.807, 2.05) is 13.8 Å². The summed E-state index contributed by atoms with van der Waals surface area (Å²) in [6.07, 6.45) is 0. The number of aromatic nitrogens is 2. The number of benzene rings is 1. The lowest BCUT2D eigenvalue weighted by Gasteiger charge is -2.09. The van der Waals surface area contributed by atoms with Crippen LogP contribution in [0.5, 0.6) is 0 Å². The number of hydrogen-bond donors (Lipinski definition) is 1. The minimum absolute atomic E-state index is 0.00127. The number of imidazole rings is 1. The molecule has 7 heteroatoms. The van der Waals surface area contributed by atoms with Crippen molar-refractivity contribution in [1.82, 2.24) is 14.9 Å². The normalized spacial score (nSPS) is 11.0. The van der Waals surface area contributed by atoms with Crippen LogP contribution in [0, 0.1) is 0 Å². The monoisotopic (exact) mass is 309 g/mol. The SMILES string of the molecule is COC(=O)c1nc2cc(C(=O)NC(C)C)c(Cl)cc2n1C. The minimum Gasteiger partial charge on any atom is -0.463 e. The van der Waals surface area contributed by atoms with Gasteiger partial charge in [-0.05, 0) is 26.0 Å². The first-order chi connectivity index (χ1) is 9.85. The number of rotatable bonds is 3. The lowest BCUT2D eigenvalue weighted by Crippen LogP contribution is -2.30. The van der Waals surface area contributed by atoms with Gasteiger partial charge in [-0.3, -0.25) is 4.79 Å². The second-order valence-electron chi connectivity index (χ2n) is 4.93. The Kier molecular flexibility index (Phi) is 4.18. The van der Waals surface area contributed by atoms with Crippen molar-refractivity contribution in [2.75, 3.05) is 7.11 Å². The molecule has 21 heavy (non-hydrogen) atoms. The largest absolute Gasteiger partial charge is 0.463 e. The molecule has 6 nitrogen and oxygen atoms in total. The van der Waals surface area contributed by atoms with Crippen molar-refractivity contribution in [3.63, 3.8) is 0 Å². The smallest absolute Gasteiger partial charge is 0.374 e. The van der Waals surface area contributed by atoms with Crippen molar-refractivity contribution in [2.24, 2.45) is 7.05 Å². The van der Waals surface area contributed by atoms with Gasteiger partial charge in [-0.2, -0.15) is 0 Å². The molecule has 1 amide bonds. The molecule has 2 aromatic rings. The van der Waals surface area contributed by atoms with Gasteiger partial charge in [0, 0.05) is 13.1 Å². The quantitative estimate of drug-likeness (QED) is 0.882. The van der Waals surface area contributed by atoms with Crippen LogP contribution in [0.25, 0.3) is 11.0 Å². The van der Waals surface area contributed by atoms with E-state index in [9.17, 15) is 9.59 Å². The fraction of sp³-hybridized carbons (Fsp3) is 0.357. The van der Waals surface area contributed by atoms with E-state index in [0.29, 0.717) is 21.6 Å². The van der Waals surface area contributed by atoms with Gasteiger partial charge in [-0.1, -0.05) is 11.6 Å². The molecule has 1 aromatic heterocycles. The first-order valence-electron chi connectivity index (χ1n) is 6.40. The molecule has 1 aromatic carbocycles. The van der Waals surface area contributed by atoms with Crippen molar-refractivity contribution in [3.05, 3.63) is 28.5 Å². The van der Waals surface area contributed by atoms with Gasteiger partial charge in [0.15, 0.2) is 0 Å². The van der Waals surface area contributed by atoms with Crippen LogP contribution in [0.15, 0.2) is 12.1 Å². The number of fused-ring (bicyclic) bond motifs is 1. The van der Waals surface area contributed by atoms with Crippen LogP contribution in [-0.4, -0.2) is 34.6 Å². The number of carbonyl (C=O) groups is 2. The van der Waals surface area contributed by atoms with Crippen molar-refractivity contribution < 1.29 is 14.3 Å². The third-order valence-electron chi connectivity index (χ3n) is 3.00. The zero-order valence-electron chi connectivity index (χ0n) is 12.2. The fourth-order valence-corrected chi connectivity index (χ4v) is 2.24. The van der Waals surface area contributed by atoms with Gasteiger partial charge >= 0.3 is 5.97 Å². The molecule has 0 aliphatic rings. The van der Waals surface area contributed by atoms with Crippen molar-refractivity contribution >= 4 is 34.5 Å². The van der Waals surface area contributed by atoms with Crippen molar-refractivity contribution in [2.45, 2.75) is 19.9 Å². The average molecular weight is 310 g/mol. The molecule has 0 aliphatic heterocycles. The Morgan fingerprint density at radius 3 is 2.62 bits per heavy atom. The Morgan fingerprint density at radius 1 is 1.38 bits per heavy atom. The van der Waals surface area contributed by atoms with Crippen LogP contribution in [0.2, 0.25) is 5.02 Å². The van der Waals surface area contributed by atoms with Gasteiger partial charge in [0.2, 0.25) is 5.82 Å². The van der Waals surface area contributed by atoms with Gasteiger partial charge in [0.05, 0.1) is 28.7 Å². The van der Waals surface area contributed by atoms with Crippen LogP contribution in [0.3, 0.4) is 0 Å². The standard InChI is InChI=1S/C14H16ClN3O3/c1-7(2)16-13(19)8-5-10-11(6-9(8)15)18(3)12(17-10)14(20)21-4/h5-7H,1-4H3,(H,16,19). The maximum absolute atomic E-state index is 12.1. The number of esters is 1. The van der Waals surface area contributed by atoms with Crippen molar-refractivity contribution in [1.29, 1.82) is 0 Å². The highest BCUT2D eigenvalue weighted by atomic mass is 35.5. The molecule has 0 atom stereocenters. The topological polar surface area (TPSA) is 73.2 Å². The third-order valence-corrected chi connectivity index (χ3v) is 3.31. The lowest BCUT2D eigenvalue weighted by atomic mass is 10.1. The molecular weight excluding hydrogens is 294 g/mol. The van der Waals surface area contributed by atoms with Gasteiger partial charge in [-0.15, -0.1) is 0 Å². The molecule has 0 bridgehead atoms. The zero-order chi connectivity index (χ0) is 15.7. The van der Waals surface area contributed by atoms with E-state index in [1.165, 1.54) is 7.11 Å². The Hall–Kier alpha value is -2.08. The number of nitrogens with one attached hydrogen (secondary N) is 1. The first-order valence-corrected chi connectivity index (χ1v) is 6.78. The Balaban J connectivity index is 2.55. The summed E-state index contributed by atoms with van der Waals surface area (Å²) in [4.78, 5) is 27.9. The Bertz CT molecular complexity index is 722. The predicted octanol–water partition coefficient (Wildman–Crippen LogP) is 2.15. The van der Waals surface area contributed by atoms with Crippen LogP contribution in [-0.2, 0) is 11.8 Å². The number of carbonyl (C=O) groups excluding carboxylic acids is 2. The lowest BCUT2D eigenvalue weighted by molar-refractivity contribution is 0.0583. The molecule has 0 unspecified atom stereocenters. The molecule has 1 N–H and O–H groups in total. The molecule has 0 radical (unpaired) electrons. The number of methoxy groups -OCH3 is 1. The van der Waals surface area contributed by atoms with Crippen molar-refractivity contribution in [3.8, 4) is 0 Å². The second-order valence-corrected chi connectivity index (χ2v) is 5.34. The number of aryl methyl sites for hydroxylation is 1. The third kappa shape index (κ3) is 2.85. The Morgan fingerprint density at radius 2 is 2.05 bits per heavy atom. The van der Waals surface area contributed by atoms with Crippen LogP contribution < -0.4 is 5.32 Å². The molecule has 112 valence electrons. The molecule has 1 heterocycles. The summed E-state index contributed by atoms with van der Waals surface area (Å²) in [5.41, 5.74) is 1.49. The highest BCUT2D eigenvalue weighted by Crippen LogP contribution is 2.24. The molecule has 2 rings (SSSR count). The number of hydrogen-bond acceptors (Lipinski definition) is 4. The van der Waals surface area contributed by atoms with E-state index >= 15 is 0 Å².